The van der Waals surface area contributed by atoms with Gasteiger partial charge in [-0.3, -0.25) is 9.59 Å². The second kappa shape index (κ2) is 4.05. The van der Waals surface area contributed by atoms with Gasteiger partial charge in [0.25, 0.3) is 0 Å². The van der Waals surface area contributed by atoms with Gasteiger partial charge < -0.3 is 4.90 Å². The van der Waals surface area contributed by atoms with Gasteiger partial charge in [-0.2, -0.15) is 0 Å². The van der Waals surface area contributed by atoms with Crippen molar-refractivity contribution >= 4 is 17.8 Å². The Labute approximate surface area is 83.3 Å². The standard InChI is InChI=1S/C11H13NO2/c1-8-4-5-10(12(2)3)9(6-8)11(14)7-13/h4-7H,1-3H3. The number of hydrogen-bond acceptors (Lipinski definition) is 3. The zero-order chi connectivity index (χ0) is 10.7. The van der Waals surface area contributed by atoms with Crippen molar-refractivity contribution in [2.24, 2.45) is 0 Å². The molecular weight excluding hydrogens is 178 g/mol. The van der Waals surface area contributed by atoms with Crippen LogP contribution in [-0.2, 0) is 4.79 Å². The second-order valence-corrected chi connectivity index (χ2v) is 3.40. The molecule has 14 heavy (non-hydrogen) atoms. The van der Waals surface area contributed by atoms with Gasteiger partial charge in [-0.15, -0.1) is 0 Å². The fraction of sp³-hybridized carbons (Fsp3) is 0.273. The zero-order valence-electron chi connectivity index (χ0n) is 8.57. The Balaban J connectivity index is 3.29. The lowest BCUT2D eigenvalue weighted by atomic mass is 10.1. The van der Waals surface area contributed by atoms with E-state index in [0.29, 0.717) is 11.8 Å². The lowest BCUT2D eigenvalue weighted by Gasteiger charge is -2.15. The SMILES string of the molecule is Cc1ccc(N(C)C)c(C(=O)C=O)c1. The van der Waals surface area contributed by atoms with Crippen LogP contribution < -0.4 is 4.90 Å². The van der Waals surface area contributed by atoms with E-state index in [0.717, 1.165) is 11.3 Å². The first-order valence-electron chi connectivity index (χ1n) is 4.33. The Kier molecular flexibility index (Phi) is 3.02. The van der Waals surface area contributed by atoms with Crippen molar-refractivity contribution < 1.29 is 9.59 Å². The van der Waals surface area contributed by atoms with Gasteiger partial charge in [-0.1, -0.05) is 11.6 Å². The summed E-state index contributed by atoms with van der Waals surface area (Å²) in [5.74, 6) is -0.475. The van der Waals surface area contributed by atoms with Gasteiger partial charge in [0.1, 0.15) is 0 Å². The van der Waals surface area contributed by atoms with E-state index in [4.69, 9.17) is 0 Å². The number of ketones is 1. The van der Waals surface area contributed by atoms with Gasteiger partial charge in [0.05, 0.1) is 0 Å². The minimum Gasteiger partial charge on any atom is -0.377 e. The normalized spacial score (nSPS) is 9.64. The van der Waals surface area contributed by atoms with Crippen molar-refractivity contribution in [3.05, 3.63) is 29.3 Å². The number of benzene rings is 1. The molecule has 3 heteroatoms. The Morgan fingerprint density at radius 2 is 2.00 bits per heavy atom. The van der Waals surface area contributed by atoms with E-state index >= 15 is 0 Å². The average Bonchev–Trinajstić information content (AvgIpc) is 2.16. The molecule has 0 radical (unpaired) electrons. The lowest BCUT2D eigenvalue weighted by molar-refractivity contribution is -0.104. The van der Waals surface area contributed by atoms with Gasteiger partial charge in [-0.25, -0.2) is 0 Å². The van der Waals surface area contributed by atoms with Crippen molar-refractivity contribution in [3.63, 3.8) is 0 Å². The molecule has 0 aliphatic heterocycles. The molecule has 74 valence electrons. The molecule has 1 aromatic rings. The number of hydrogen-bond donors (Lipinski definition) is 0. The monoisotopic (exact) mass is 191 g/mol. The fourth-order valence-corrected chi connectivity index (χ4v) is 1.30. The summed E-state index contributed by atoms with van der Waals surface area (Å²) in [5.41, 5.74) is 2.21. The van der Waals surface area contributed by atoms with Crippen LogP contribution in [0.15, 0.2) is 18.2 Å². The minimum atomic E-state index is -0.475. The number of carbonyl (C=O) groups excluding carboxylic acids is 2. The zero-order valence-corrected chi connectivity index (χ0v) is 8.57. The van der Waals surface area contributed by atoms with Gasteiger partial charge in [0, 0.05) is 25.3 Å². The number of Topliss-reactive ketones (excluding diaryl/α,β-unsaturated/α-hetero) is 1. The second-order valence-electron chi connectivity index (χ2n) is 3.40. The number of anilines is 1. The van der Waals surface area contributed by atoms with Crippen molar-refractivity contribution in [2.75, 3.05) is 19.0 Å². The van der Waals surface area contributed by atoms with Crippen LogP contribution in [0.4, 0.5) is 5.69 Å². The van der Waals surface area contributed by atoms with E-state index in [1.54, 1.807) is 6.07 Å². The first kappa shape index (κ1) is 10.4. The van der Waals surface area contributed by atoms with Crippen LogP contribution in [0.3, 0.4) is 0 Å². The third-order valence-corrected chi connectivity index (χ3v) is 2.01. The van der Waals surface area contributed by atoms with Crippen molar-refractivity contribution in [1.82, 2.24) is 0 Å². The molecule has 0 amide bonds. The van der Waals surface area contributed by atoms with Crippen LogP contribution in [0, 0.1) is 6.92 Å². The molecule has 0 atom stereocenters. The Bertz CT molecular complexity index is 370. The van der Waals surface area contributed by atoms with Gasteiger partial charge in [-0.05, 0) is 19.1 Å². The van der Waals surface area contributed by atoms with Gasteiger partial charge >= 0.3 is 0 Å². The smallest absolute Gasteiger partial charge is 0.227 e. The summed E-state index contributed by atoms with van der Waals surface area (Å²) in [6, 6.07) is 5.48. The van der Waals surface area contributed by atoms with E-state index < -0.39 is 5.78 Å². The highest BCUT2D eigenvalue weighted by molar-refractivity contribution is 6.34. The molecular formula is C11H13NO2. The topological polar surface area (TPSA) is 37.4 Å². The summed E-state index contributed by atoms with van der Waals surface area (Å²) in [4.78, 5) is 23.5. The van der Waals surface area contributed by atoms with E-state index in [1.165, 1.54) is 0 Å². The number of aryl methyl sites for hydroxylation is 1. The molecule has 0 saturated carbocycles. The predicted molar refractivity (Wildman–Crippen MR) is 55.9 cm³/mol. The molecule has 0 spiro atoms. The minimum absolute atomic E-state index is 0.349. The molecule has 3 nitrogen and oxygen atoms in total. The quantitative estimate of drug-likeness (QED) is 0.412. The molecule has 0 N–H and O–H groups in total. The molecule has 0 aliphatic rings. The van der Waals surface area contributed by atoms with Gasteiger partial charge in [0.2, 0.25) is 5.78 Å². The van der Waals surface area contributed by atoms with Crippen molar-refractivity contribution in [3.8, 4) is 0 Å². The summed E-state index contributed by atoms with van der Waals surface area (Å²) in [6.45, 7) is 1.89. The molecule has 1 rings (SSSR count). The number of nitrogens with zero attached hydrogens (tertiary/aromatic N) is 1. The summed E-state index contributed by atoms with van der Waals surface area (Å²) in [6.07, 6.45) is 0.349. The van der Waals surface area contributed by atoms with Gasteiger partial charge in [0.15, 0.2) is 6.29 Å². The summed E-state index contributed by atoms with van der Waals surface area (Å²) < 4.78 is 0. The first-order chi connectivity index (χ1) is 6.56. The first-order valence-corrected chi connectivity index (χ1v) is 4.33. The Morgan fingerprint density at radius 3 is 2.50 bits per heavy atom. The maximum absolute atomic E-state index is 11.3. The lowest BCUT2D eigenvalue weighted by Crippen LogP contribution is -2.14. The van der Waals surface area contributed by atoms with Crippen LogP contribution in [0.5, 0.6) is 0 Å². The molecule has 0 heterocycles. The van der Waals surface area contributed by atoms with Crippen LogP contribution in [0.2, 0.25) is 0 Å². The summed E-state index contributed by atoms with van der Waals surface area (Å²) >= 11 is 0. The van der Waals surface area contributed by atoms with E-state index in [1.807, 2.05) is 38.1 Å². The van der Waals surface area contributed by atoms with Crippen LogP contribution >= 0.6 is 0 Å². The third kappa shape index (κ3) is 1.99. The molecule has 0 saturated heterocycles. The highest BCUT2D eigenvalue weighted by atomic mass is 16.2. The van der Waals surface area contributed by atoms with Crippen LogP contribution in [-0.4, -0.2) is 26.2 Å². The highest BCUT2D eigenvalue weighted by Gasteiger charge is 2.11. The van der Waals surface area contributed by atoms with Crippen LogP contribution in [0.25, 0.3) is 0 Å². The fourth-order valence-electron chi connectivity index (χ4n) is 1.30. The Morgan fingerprint density at radius 1 is 1.36 bits per heavy atom. The number of carbonyl (C=O) groups is 2. The van der Waals surface area contributed by atoms with E-state index in [-0.39, 0.29) is 0 Å². The molecule has 1 aromatic carbocycles. The van der Waals surface area contributed by atoms with E-state index in [9.17, 15) is 9.59 Å². The molecule has 0 aliphatic carbocycles. The highest BCUT2D eigenvalue weighted by Crippen LogP contribution is 2.19. The van der Waals surface area contributed by atoms with Crippen molar-refractivity contribution in [1.29, 1.82) is 0 Å². The molecule has 0 bridgehead atoms. The average molecular weight is 191 g/mol. The van der Waals surface area contributed by atoms with Crippen LogP contribution in [0.1, 0.15) is 15.9 Å². The van der Waals surface area contributed by atoms with E-state index in [2.05, 4.69) is 0 Å². The number of rotatable bonds is 3. The predicted octanol–water partition coefficient (Wildman–Crippen LogP) is 1.44. The summed E-state index contributed by atoms with van der Waals surface area (Å²) in [5, 5.41) is 0. The largest absolute Gasteiger partial charge is 0.377 e. The maximum atomic E-state index is 11.3. The maximum Gasteiger partial charge on any atom is 0.227 e. The summed E-state index contributed by atoms with van der Waals surface area (Å²) in [7, 11) is 3.68. The van der Waals surface area contributed by atoms with Crippen molar-refractivity contribution in [2.45, 2.75) is 6.92 Å². The number of aldehydes is 1. The Hall–Kier alpha value is -1.64. The molecule has 0 fully saturated rings. The molecule has 0 unspecified atom stereocenters. The molecule has 0 aromatic heterocycles. The third-order valence-electron chi connectivity index (χ3n) is 2.01.